The minimum absolute atomic E-state index is 0.0197. The molecule has 2 N–H and O–H groups in total. The van der Waals surface area contributed by atoms with Gasteiger partial charge in [-0.1, -0.05) is 0 Å². The molecule has 2 rings (SSSR count). The van der Waals surface area contributed by atoms with Gasteiger partial charge in [-0.2, -0.15) is 11.3 Å². The molecule has 0 aliphatic carbocycles. The van der Waals surface area contributed by atoms with Crippen molar-refractivity contribution >= 4 is 45.6 Å². The fourth-order valence-electron chi connectivity index (χ4n) is 1.97. The Bertz CT molecular complexity index is 750. The molecule has 7 nitrogen and oxygen atoms in total. The first-order valence-corrected chi connectivity index (χ1v) is 8.48. The van der Waals surface area contributed by atoms with E-state index < -0.39 is 17.9 Å². The van der Waals surface area contributed by atoms with Crippen LogP contribution >= 0.6 is 22.7 Å². The maximum absolute atomic E-state index is 11.9. The smallest absolute Gasteiger partial charge is 0.348 e. The van der Waals surface area contributed by atoms with Crippen LogP contribution in [0.2, 0.25) is 0 Å². The largest absolute Gasteiger partial charge is 0.465 e. The zero-order valence-electron chi connectivity index (χ0n) is 13.0. The minimum Gasteiger partial charge on any atom is -0.465 e. The number of hydrogen-bond donors (Lipinski definition) is 1. The highest BCUT2D eigenvalue weighted by atomic mass is 32.1. The van der Waals surface area contributed by atoms with Gasteiger partial charge in [-0.3, -0.25) is 4.79 Å². The monoisotopic (exact) mass is 369 g/mol. The van der Waals surface area contributed by atoms with Gasteiger partial charge < -0.3 is 19.9 Å². The lowest BCUT2D eigenvalue weighted by molar-refractivity contribution is -0.144. The molecule has 0 amide bonds. The van der Waals surface area contributed by atoms with Crippen molar-refractivity contribution in [3.8, 4) is 0 Å². The molecule has 2 aromatic heterocycles. The van der Waals surface area contributed by atoms with Crippen LogP contribution in [0.25, 0.3) is 0 Å². The molecule has 0 aromatic carbocycles. The van der Waals surface area contributed by atoms with Gasteiger partial charge in [0.05, 0.1) is 20.6 Å². The lowest BCUT2D eigenvalue weighted by Gasteiger charge is -2.07. The molecule has 0 unspecified atom stereocenters. The third-order valence-corrected chi connectivity index (χ3v) is 4.87. The molecule has 0 aliphatic rings. The Balaban J connectivity index is 2.21. The Hall–Kier alpha value is -2.39. The maximum Gasteiger partial charge on any atom is 0.348 e. The lowest BCUT2D eigenvalue weighted by Crippen LogP contribution is -2.13. The van der Waals surface area contributed by atoms with E-state index in [0.717, 1.165) is 16.9 Å². The molecule has 2 heterocycles. The van der Waals surface area contributed by atoms with Crippen LogP contribution in [0.3, 0.4) is 0 Å². The number of ether oxygens (including phenoxy) is 3. The summed E-state index contributed by atoms with van der Waals surface area (Å²) in [6.07, 6.45) is 0.101. The van der Waals surface area contributed by atoms with Crippen molar-refractivity contribution in [2.24, 2.45) is 0 Å². The van der Waals surface area contributed by atoms with Crippen LogP contribution in [-0.2, 0) is 32.0 Å². The molecule has 0 spiro atoms. The van der Waals surface area contributed by atoms with Gasteiger partial charge in [-0.05, 0) is 22.4 Å². The summed E-state index contributed by atoms with van der Waals surface area (Å²) in [7, 11) is 2.41. The van der Waals surface area contributed by atoms with Crippen LogP contribution < -0.4 is 5.73 Å². The first-order valence-electron chi connectivity index (χ1n) is 6.72. The second-order valence-electron chi connectivity index (χ2n) is 4.60. The third kappa shape index (κ3) is 3.92. The number of carbonyl (C=O) groups excluding carboxylic acids is 3. The number of esters is 3. The summed E-state index contributed by atoms with van der Waals surface area (Å²) in [5.41, 5.74) is 6.84. The predicted octanol–water partition coefficient (Wildman–Crippen LogP) is 2.25. The van der Waals surface area contributed by atoms with Crippen LogP contribution in [0.15, 0.2) is 16.8 Å². The highest BCUT2D eigenvalue weighted by molar-refractivity contribution is 7.18. The predicted molar refractivity (Wildman–Crippen MR) is 89.2 cm³/mol. The Morgan fingerprint density at radius 2 is 1.88 bits per heavy atom. The summed E-state index contributed by atoms with van der Waals surface area (Å²) in [6, 6.07) is 1.81. The van der Waals surface area contributed by atoms with Crippen molar-refractivity contribution in [1.29, 1.82) is 0 Å². The molecule has 9 heteroatoms. The van der Waals surface area contributed by atoms with Gasteiger partial charge in [0.2, 0.25) is 0 Å². The summed E-state index contributed by atoms with van der Waals surface area (Å²) < 4.78 is 14.5. The Kier molecular flexibility index (Phi) is 5.93. The molecule has 0 radical (unpaired) electrons. The number of methoxy groups -OCH3 is 2. The van der Waals surface area contributed by atoms with Gasteiger partial charge in [0.15, 0.2) is 0 Å². The summed E-state index contributed by atoms with van der Waals surface area (Å²) in [6.45, 7) is -0.272. The molecule has 0 saturated heterocycles. The molecular weight excluding hydrogens is 354 g/mol. The lowest BCUT2D eigenvalue weighted by atomic mass is 10.1. The molecular formula is C15H15NO6S2. The van der Waals surface area contributed by atoms with Crippen molar-refractivity contribution in [2.45, 2.75) is 13.0 Å². The van der Waals surface area contributed by atoms with E-state index >= 15 is 0 Å². The molecule has 2 aromatic rings. The van der Waals surface area contributed by atoms with E-state index in [9.17, 15) is 14.4 Å². The zero-order valence-corrected chi connectivity index (χ0v) is 14.6. The van der Waals surface area contributed by atoms with Crippen LogP contribution in [0.1, 0.15) is 31.2 Å². The van der Waals surface area contributed by atoms with Crippen molar-refractivity contribution in [1.82, 2.24) is 0 Å². The SMILES string of the molecule is COC(=O)c1sc(N)c(C(=O)OC)c1COC(=O)Cc1ccsc1. The number of nitrogens with two attached hydrogens (primary N) is 1. The van der Waals surface area contributed by atoms with Gasteiger partial charge in [-0.25, -0.2) is 9.59 Å². The fraction of sp³-hybridized carbons (Fsp3) is 0.267. The van der Waals surface area contributed by atoms with Gasteiger partial charge in [-0.15, -0.1) is 11.3 Å². The van der Waals surface area contributed by atoms with Gasteiger partial charge >= 0.3 is 17.9 Å². The second-order valence-corrected chi connectivity index (χ2v) is 6.43. The van der Waals surface area contributed by atoms with Crippen molar-refractivity contribution in [3.63, 3.8) is 0 Å². The van der Waals surface area contributed by atoms with E-state index in [2.05, 4.69) is 9.47 Å². The fourth-order valence-corrected chi connectivity index (χ4v) is 3.62. The number of hydrogen-bond acceptors (Lipinski definition) is 9. The van der Waals surface area contributed by atoms with Crippen molar-refractivity contribution < 1.29 is 28.6 Å². The Morgan fingerprint density at radius 1 is 1.17 bits per heavy atom. The first-order chi connectivity index (χ1) is 11.5. The minimum atomic E-state index is -0.706. The summed E-state index contributed by atoms with van der Waals surface area (Å²) >= 11 is 2.36. The second kappa shape index (κ2) is 7.93. The molecule has 128 valence electrons. The van der Waals surface area contributed by atoms with E-state index in [0.29, 0.717) is 0 Å². The number of thiophene rings is 2. The van der Waals surface area contributed by atoms with Crippen molar-refractivity contribution in [2.75, 3.05) is 20.0 Å². The topological polar surface area (TPSA) is 105 Å². The van der Waals surface area contributed by atoms with Crippen LogP contribution in [0.5, 0.6) is 0 Å². The van der Waals surface area contributed by atoms with E-state index in [1.807, 2.05) is 16.8 Å². The normalized spacial score (nSPS) is 10.2. The maximum atomic E-state index is 11.9. The van der Waals surface area contributed by atoms with Gasteiger partial charge in [0.25, 0.3) is 0 Å². The highest BCUT2D eigenvalue weighted by Gasteiger charge is 2.28. The summed E-state index contributed by atoms with van der Waals surface area (Å²) in [4.78, 5) is 35.8. The van der Waals surface area contributed by atoms with Crippen LogP contribution in [0.4, 0.5) is 5.00 Å². The van der Waals surface area contributed by atoms with E-state index in [1.165, 1.54) is 25.6 Å². The van der Waals surface area contributed by atoms with Crippen LogP contribution in [-0.4, -0.2) is 32.1 Å². The highest BCUT2D eigenvalue weighted by Crippen LogP contribution is 2.33. The molecule has 0 fully saturated rings. The van der Waals surface area contributed by atoms with E-state index in [-0.39, 0.29) is 34.0 Å². The average Bonchev–Trinajstić information content (AvgIpc) is 3.19. The molecule has 0 saturated carbocycles. The third-order valence-electron chi connectivity index (χ3n) is 3.10. The van der Waals surface area contributed by atoms with Gasteiger partial charge in [0.1, 0.15) is 22.0 Å². The molecule has 0 bridgehead atoms. The summed E-state index contributed by atoms with van der Waals surface area (Å²) in [5, 5.41) is 3.79. The molecule has 0 aliphatic heterocycles. The van der Waals surface area contributed by atoms with Crippen molar-refractivity contribution in [3.05, 3.63) is 38.4 Å². The van der Waals surface area contributed by atoms with Gasteiger partial charge in [0, 0.05) is 5.56 Å². The number of nitrogen functional groups attached to an aromatic ring is 1. The number of carbonyl (C=O) groups is 3. The molecule has 24 heavy (non-hydrogen) atoms. The zero-order chi connectivity index (χ0) is 17.7. The van der Waals surface area contributed by atoms with E-state index in [4.69, 9.17) is 10.5 Å². The van der Waals surface area contributed by atoms with Crippen LogP contribution in [0, 0.1) is 0 Å². The first kappa shape index (κ1) is 18.0. The number of anilines is 1. The quantitative estimate of drug-likeness (QED) is 0.615. The number of rotatable bonds is 6. The Labute approximate surface area is 145 Å². The standard InChI is InChI=1S/C15H15NO6S2/c1-20-14(18)11-9(12(15(19)21-2)24-13(11)16)6-22-10(17)5-8-3-4-23-7-8/h3-4,7H,5-6,16H2,1-2H3. The van der Waals surface area contributed by atoms with E-state index in [1.54, 1.807) is 0 Å². The summed E-state index contributed by atoms with van der Waals surface area (Å²) in [5.74, 6) is -1.85. The Morgan fingerprint density at radius 3 is 2.46 bits per heavy atom. The average molecular weight is 369 g/mol. The molecule has 0 atom stereocenters.